The first-order chi connectivity index (χ1) is 8.99. The molecule has 0 radical (unpaired) electrons. The van der Waals surface area contributed by atoms with Crippen molar-refractivity contribution in [3.63, 3.8) is 0 Å². The van der Waals surface area contributed by atoms with Crippen LogP contribution >= 0.6 is 0 Å². The summed E-state index contributed by atoms with van der Waals surface area (Å²) in [6.45, 7) is 3.59. The molecule has 0 spiro atoms. The van der Waals surface area contributed by atoms with E-state index in [1.165, 1.54) is 6.92 Å². The van der Waals surface area contributed by atoms with Crippen LogP contribution in [-0.2, 0) is 14.4 Å². The first-order valence-electron chi connectivity index (χ1n) is 6.45. The van der Waals surface area contributed by atoms with Crippen LogP contribution in [0.5, 0.6) is 0 Å². The van der Waals surface area contributed by atoms with Crippen molar-refractivity contribution in [3.8, 4) is 0 Å². The van der Waals surface area contributed by atoms with E-state index in [1.54, 1.807) is 0 Å². The Bertz CT molecular complexity index is 346. The van der Waals surface area contributed by atoms with E-state index in [1.807, 2.05) is 4.90 Å². The Morgan fingerprint density at radius 3 is 2.58 bits per heavy atom. The lowest BCUT2D eigenvalue weighted by molar-refractivity contribution is -0.144. The molecular formula is C12H21N3O4. The van der Waals surface area contributed by atoms with E-state index in [-0.39, 0.29) is 24.3 Å². The molecule has 7 heteroatoms. The van der Waals surface area contributed by atoms with Gasteiger partial charge in [0.05, 0.1) is 12.5 Å². The number of carboxylic acids is 1. The van der Waals surface area contributed by atoms with E-state index in [9.17, 15) is 14.4 Å². The van der Waals surface area contributed by atoms with Gasteiger partial charge in [0.2, 0.25) is 11.8 Å². The number of carbonyl (C=O) groups is 3. The maximum absolute atomic E-state index is 11.6. The molecule has 1 fully saturated rings. The highest BCUT2D eigenvalue weighted by Gasteiger charge is 2.26. The highest BCUT2D eigenvalue weighted by molar-refractivity contribution is 5.78. The number of nitrogens with zero attached hydrogens (tertiary/aromatic N) is 1. The fourth-order valence-corrected chi connectivity index (χ4v) is 2.10. The van der Waals surface area contributed by atoms with Crippen LogP contribution in [0.2, 0.25) is 0 Å². The summed E-state index contributed by atoms with van der Waals surface area (Å²) in [5, 5.41) is 14.2. The van der Waals surface area contributed by atoms with Crippen molar-refractivity contribution in [2.45, 2.75) is 19.8 Å². The molecule has 1 aliphatic rings. The van der Waals surface area contributed by atoms with Crippen LogP contribution in [0.25, 0.3) is 0 Å². The Kier molecular flexibility index (Phi) is 6.27. The molecule has 1 saturated heterocycles. The standard InChI is InChI=1S/C12H21N3O4/c1-9(16)13-4-5-14-11(17)8-15-6-2-3-10(7-15)12(18)19/h10H,2-8H2,1H3,(H,13,16)(H,14,17)(H,18,19). The molecule has 0 aromatic rings. The second kappa shape index (κ2) is 7.73. The number of amides is 2. The minimum Gasteiger partial charge on any atom is -0.481 e. The number of likely N-dealkylation sites (tertiary alicyclic amines) is 1. The SMILES string of the molecule is CC(=O)NCCNC(=O)CN1CCCC(C(=O)O)C1. The first kappa shape index (κ1) is 15.4. The molecule has 19 heavy (non-hydrogen) atoms. The zero-order chi connectivity index (χ0) is 14.3. The summed E-state index contributed by atoms with van der Waals surface area (Å²) in [5.41, 5.74) is 0. The molecule has 3 N–H and O–H groups in total. The molecule has 0 saturated carbocycles. The summed E-state index contributed by atoms with van der Waals surface area (Å²) in [7, 11) is 0. The fraction of sp³-hybridized carbons (Fsp3) is 0.750. The van der Waals surface area contributed by atoms with Gasteiger partial charge in [-0.1, -0.05) is 0 Å². The van der Waals surface area contributed by atoms with Crippen molar-refractivity contribution in [1.82, 2.24) is 15.5 Å². The minimum absolute atomic E-state index is 0.130. The van der Waals surface area contributed by atoms with E-state index in [0.29, 0.717) is 26.1 Å². The molecule has 108 valence electrons. The van der Waals surface area contributed by atoms with Gasteiger partial charge in [-0.15, -0.1) is 0 Å². The summed E-state index contributed by atoms with van der Waals surface area (Å²) >= 11 is 0. The molecule has 1 rings (SSSR count). The quantitative estimate of drug-likeness (QED) is 0.540. The second-order valence-electron chi connectivity index (χ2n) is 4.75. The Balaban J connectivity index is 2.20. The van der Waals surface area contributed by atoms with Gasteiger partial charge in [0.15, 0.2) is 0 Å². The van der Waals surface area contributed by atoms with Crippen LogP contribution in [0, 0.1) is 5.92 Å². The maximum Gasteiger partial charge on any atom is 0.307 e. The zero-order valence-corrected chi connectivity index (χ0v) is 11.1. The lowest BCUT2D eigenvalue weighted by Gasteiger charge is -2.29. The highest BCUT2D eigenvalue weighted by atomic mass is 16.4. The van der Waals surface area contributed by atoms with Gasteiger partial charge in [0.25, 0.3) is 0 Å². The van der Waals surface area contributed by atoms with Crippen molar-refractivity contribution in [3.05, 3.63) is 0 Å². The van der Waals surface area contributed by atoms with Gasteiger partial charge >= 0.3 is 5.97 Å². The van der Waals surface area contributed by atoms with Crippen LogP contribution in [0.3, 0.4) is 0 Å². The number of carbonyl (C=O) groups excluding carboxylic acids is 2. The molecular weight excluding hydrogens is 250 g/mol. The third-order valence-corrected chi connectivity index (χ3v) is 3.04. The van der Waals surface area contributed by atoms with Crippen LogP contribution in [-0.4, -0.2) is 60.5 Å². The predicted molar refractivity (Wildman–Crippen MR) is 68.5 cm³/mol. The number of hydrogen-bond acceptors (Lipinski definition) is 4. The van der Waals surface area contributed by atoms with E-state index in [4.69, 9.17) is 5.11 Å². The lowest BCUT2D eigenvalue weighted by atomic mass is 9.98. The summed E-state index contributed by atoms with van der Waals surface area (Å²) in [6.07, 6.45) is 1.48. The van der Waals surface area contributed by atoms with E-state index in [2.05, 4.69) is 10.6 Å². The van der Waals surface area contributed by atoms with Crippen LogP contribution in [0.4, 0.5) is 0 Å². The molecule has 0 aliphatic carbocycles. The molecule has 0 bridgehead atoms. The third-order valence-electron chi connectivity index (χ3n) is 3.04. The number of piperidine rings is 1. The van der Waals surface area contributed by atoms with Crippen LogP contribution < -0.4 is 10.6 Å². The Morgan fingerprint density at radius 2 is 1.95 bits per heavy atom. The summed E-state index contributed by atoms with van der Waals surface area (Å²) in [5.74, 6) is -1.44. The Hall–Kier alpha value is -1.63. The Labute approximate surface area is 112 Å². The van der Waals surface area contributed by atoms with Gasteiger partial charge in [0, 0.05) is 26.6 Å². The summed E-state index contributed by atoms with van der Waals surface area (Å²) in [4.78, 5) is 35.0. The number of hydrogen-bond donors (Lipinski definition) is 3. The van der Waals surface area contributed by atoms with E-state index < -0.39 is 5.97 Å². The Morgan fingerprint density at radius 1 is 1.26 bits per heavy atom. The van der Waals surface area contributed by atoms with E-state index >= 15 is 0 Å². The monoisotopic (exact) mass is 271 g/mol. The van der Waals surface area contributed by atoms with Crippen molar-refractivity contribution in [2.75, 3.05) is 32.7 Å². The van der Waals surface area contributed by atoms with Crippen molar-refractivity contribution >= 4 is 17.8 Å². The largest absolute Gasteiger partial charge is 0.481 e. The fourth-order valence-electron chi connectivity index (χ4n) is 2.10. The molecule has 1 aliphatic heterocycles. The minimum atomic E-state index is -0.796. The summed E-state index contributed by atoms with van der Waals surface area (Å²) in [6, 6.07) is 0. The maximum atomic E-state index is 11.6. The molecule has 1 unspecified atom stereocenters. The van der Waals surface area contributed by atoms with Crippen molar-refractivity contribution < 1.29 is 19.5 Å². The average Bonchev–Trinajstić information content (AvgIpc) is 2.34. The topological polar surface area (TPSA) is 98.7 Å². The third kappa shape index (κ3) is 6.19. The smallest absolute Gasteiger partial charge is 0.307 e. The molecule has 2 amide bonds. The average molecular weight is 271 g/mol. The normalized spacial score (nSPS) is 19.7. The van der Waals surface area contributed by atoms with Gasteiger partial charge in [-0.3, -0.25) is 19.3 Å². The molecule has 0 aromatic carbocycles. The van der Waals surface area contributed by atoms with Crippen molar-refractivity contribution in [1.29, 1.82) is 0 Å². The number of aliphatic carboxylic acids is 1. The van der Waals surface area contributed by atoms with Gasteiger partial charge in [-0.05, 0) is 19.4 Å². The molecule has 1 atom stereocenters. The number of rotatable bonds is 6. The lowest BCUT2D eigenvalue weighted by Crippen LogP contribution is -2.45. The van der Waals surface area contributed by atoms with Gasteiger partial charge < -0.3 is 15.7 Å². The molecule has 0 aromatic heterocycles. The highest BCUT2D eigenvalue weighted by Crippen LogP contribution is 2.15. The number of nitrogens with one attached hydrogen (secondary N) is 2. The van der Waals surface area contributed by atoms with Gasteiger partial charge in [0.1, 0.15) is 0 Å². The number of carboxylic acid groups (broad SMARTS) is 1. The zero-order valence-electron chi connectivity index (χ0n) is 11.1. The predicted octanol–water partition coefficient (Wildman–Crippen LogP) is -0.965. The summed E-state index contributed by atoms with van der Waals surface area (Å²) < 4.78 is 0. The molecule has 1 heterocycles. The second-order valence-corrected chi connectivity index (χ2v) is 4.75. The molecule has 7 nitrogen and oxygen atoms in total. The first-order valence-corrected chi connectivity index (χ1v) is 6.45. The van der Waals surface area contributed by atoms with Crippen molar-refractivity contribution in [2.24, 2.45) is 5.92 Å². The van der Waals surface area contributed by atoms with Gasteiger partial charge in [-0.2, -0.15) is 0 Å². The van der Waals surface area contributed by atoms with Gasteiger partial charge in [-0.25, -0.2) is 0 Å². The van der Waals surface area contributed by atoms with Crippen LogP contribution in [0.15, 0.2) is 0 Å². The van der Waals surface area contributed by atoms with Crippen LogP contribution in [0.1, 0.15) is 19.8 Å². The van der Waals surface area contributed by atoms with E-state index in [0.717, 1.165) is 13.0 Å².